The van der Waals surface area contributed by atoms with Gasteiger partial charge in [0.15, 0.2) is 0 Å². The highest BCUT2D eigenvalue weighted by molar-refractivity contribution is 5.99. The Bertz CT molecular complexity index is 634. The van der Waals surface area contributed by atoms with Crippen LogP contribution in [0.5, 0.6) is 0 Å². The van der Waals surface area contributed by atoms with Crippen LogP contribution in [0.2, 0.25) is 0 Å². The van der Waals surface area contributed by atoms with Crippen molar-refractivity contribution in [3.63, 3.8) is 0 Å². The maximum Gasteiger partial charge on any atom is 0.328 e. The molecule has 0 aliphatic heterocycles. The Kier molecular flexibility index (Phi) is 5.58. The number of carbonyl (C=O) groups excluding carboxylic acids is 2. The Labute approximate surface area is 131 Å². The van der Waals surface area contributed by atoms with E-state index in [9.17, 15) is 9.59 Å². The third kappa shape index (κ3) is 5.13. The number of benzene rings is 1. The molecule has 118 valence electrons. The minimum Gasteiger partial charge on any atom is -0.467 e. The van der Waals surface area contributed by atoms with Gasteiger partial charge in [-0.2, -0.15) is 0 Å². The van der Waals surface area contributed by atoms with Gasteiger partial charge in [-0.05, 0) is 45.9 Å². The monoisotopic (exact) mass is 302 g/mol. The van der Waals surface area contributed by atoms with Crippen molar-refractivity contribution in [3.05, 3.63) is 29.3 Å². The van der Waals surface area contributed by atoms with Crippen LogP contribution in [0.3, 0.4) is 0 Å². The Balaban J connectivity index is 3.10. The van der Waals surface area contributed by atoms with Gasteiger partial charge >= 0.3 is 5.97 Å². The fourth-order valence-corrected chi connectivity index (χ4v) is 1.63. The Hall–Kier alpha value is -2.48. The summed E-state index contributed by atoms with van der Waals surface area (Å²) in [7, 11) is 1.27. The van der Waals surface area contributed by atoms with Crippen molar-refractivity contribution in [3.8, 4) is 11.8 Å². The van der Waals surface area contributed by atoms with Gasteiger partial charge in [0, 0.05) is 16.7 Å². The lowest BCUT2D eigenvalue weighted by atomic mass is 9.96. The van der Waals surface area contributed by atoms with E-state index in [1.807, 2.05) is 20.8 Å². The molecule has 1 atom stereocenters. The first-order valence-corrected chi connectivity index (χ1v) is 6.95. The third-order valence-corrected chi connectivity index (χ3v) is 2.76. The zero-order valence-electron chi connectivity index (χ0n) is 13.6. The lowest BCUT2D eigenvalue weighted by Gasteiger charge is -2.13. The van der Waals surface area contributed by atoms with Crippen LogP contribution in [-0.4, -0.2) is 25.0 Å². The SMILES string of the molecule is COC(=O)C(C)NC(=O)c1ccc(N)cc1C#CC(C)(C)C. The second-order valence-electron chi connectivity index (χ2n) is 6.02. The number of hydrogen-bond donors (Lipinski definition) is 2. The first-order chi connectivity index (χ1) is 10.1. The second kappa shape index (κ2) is 6.99. The van der Waals surface area contributed by atoms with Crippen LogP contribution in [0.25, 0.3) is 0 Å². The summed E-state index contributed by atoms with van der Waals surface area (Å²) >= 11 is 0. The van der Waals surface area contributed by atoms with E-state index in [0.29, 0.717) is 16.8 Å². The molecule has 1 amide bonds. The maximum absolute atomic E-state index is 12.3. The summed E-state index contributed by atoms with van der Waals surface area (Å²) in [6, 6.07) is 4.14. The molecule has 1 aromatic carbocycles. The quantitative estimate of drug-likeness (QED) is 0.508. The Morgan fingerprint density at radius 3 is 2.50 bits per heavy atom. The van der Waals surface area contributed by atoms with Gasteiger partial charge in [0.1, 0.15) is 6.04 Å². The molecule has 0 aliphatic carbocycles. The molecule has 5 heteroatoms. The maximum atomic E-state index is 12.3. The van der Waals surface area contributed by atoms with Gasteiger partial charge in [-0.1, -0.05) is 11.8 Å². The summed E-state index contributed by atoms with van der Waals surface area (Å²) in [4.78, 5) is 23.7. The molecule has 1 aromatic rings. The summed E-state index contributed by atoms with van der Waals surface area (Å²) < 4.78 is 4.59. The van der Waals surface area contributed by atoms with E-state index in [-0.39, 0.29) is 5.41 Å². The van der Waals surface area contributed by atoms with E-state index in [4.69, 9.17) is 5.73 Å². The molecule has 0 bridgehead atoms. The predicted octanol–water partition coefficient (Wildman–Crippen LogP) is 1.96. The first kappa shape index (κ1) is 17.6. The molecule has 1 unspecified atom stereocenters. The van der Waals surface area contributed by atoms with Crippen LogP contribution < -0.4 is 11.1 Å². The van der Waals surface area contributed by atoms with E-state index < -0.39 is 17.9 Å². The topological polar surface area (TPSA) is 81.4 Å². The second-order valence-corrected chi connectivity index (χ2v) is 6.02. The minimum absolute atomic E-state index is 0.197. The molecule has 0 saturated heterocycles. The van der Waals surface area contributed by atoms with Gasteiger partial charge in [0.2, 0.25) is 0 Å². The van der Waals surface area contributed by atoms with Crippen LogP contribution in [0.15, 0.2) is 18.2 Å². The van der Waals surface area contributed by atoms with Gasteiger partial charge in [0.05, 0.1) is 12.7 Å². The molecule has 0 aromatic heterocycles. The number of nitrogen functional groups attached to an aromatic ring is 1. The molecule has 1 rings (SSSR count). The van der Waals surface area contributed by atoms with Crippen LogP contribution in [-0.2, 0) is 9.53 Å². The Morgan fingerprint density at radius 2 is 1.95 bits per heavy atom. The van der Waals surface area contributed by atoms with Crippen LogP contribution in [0.4, 0.5) is 5.69 Å². The van der Waals surface area contributed by atoms with E-state index in [1.165, 1.54) is 7.11 Å². The molecular formula is C17H22N2O3. The Morgan fingerprint density at radius 1 is 1.32 bits per heavy atom. The van der Waals surface area contributed by atoms with E-state index in [0.717, 1.165) is 0 Å². The summed E-state index contributed by atoms with van der Waals surface area (Å²) in [5.41, 5.74) is 7.00. The lowest BCUT2D eigenvalue weighted by molar-refractivity contribution is -0.142. The molecular weight excluding hydrogens is 280 g/mol. The van der Waals surface area contributed by atoms with Crippen molar-refractivity contribution in [1.82, 2.24) is 5.32 Å². The number of nitrogens with one attached hydrogen (secondary N) is 1. The summed E-state index contributed by atoms with van der Waals surface area (Å²) in [5.74, 6) is 5.15. The van der Waals surface area contributed by atoms with E-state index in [1.54, 1.807) is 25.1 Å². The van der Waals surface area contributed by atoms with Crippen LogP contribution in [0.1, 0.15) is 43.6 Å². The zero-order valence-corrected chi connectivity index (χ0v) is 13.6. The number of methoxy groups -OCH3 is 1. The summed E-state index contributed by atoms with van der Waals surface area (Å²) in [6.45, 7) is 7.49. The summed E-state index contributed by atoms with van der Waals surface area (Å²) in [6.07, 6.45) is 0. The first-order valence-electron chi connectivity index (χ1n) is 6.95. The van der Waals surface area contributed by atoms with Crippen LogP contribution in [0, 0.1) is 17.3 Å². The largest absolute Gasteiger partial charge is 0.467 e. The number of rotatable bonds is 3. The van der Waals surface area contributed by atoms with Crippen molar-refractivity contribution in [2.45, 2.75) is 33.7 Å². The van der Waals surface area contributed by atoms with Gasteiger partial charge in [0.25, 0.3) is 5.91 Å². The summed E-state index contributed by atoms with van der Waals surface area (Å²) in [5, 5.41) is 2.58. The minimum atomic E-state index is -0.738. The standard InChI is InChI=1S/C17H22N2O3/c1-11(16(21)22-5)19-15(20)14-7-6-13(18)10-12(14)8-9-17(2,3)4/h6-7,10-11H,18H2,1-5H3,(H,19,20). The zero-order chi connectivity index (χ0) is 16.9. The molecule has 0 fully saturated rings. The van der Waals surface area contributed by atoms with Crippen molar-refractivity contribution >= 4 is 17.6 Å². The number of amides is 1. The van der Waals surface area contributed by atoms with Crippen molar-refractivity contribution in [1.29, 1.82) is 0 Å². The highest BCUT2D eigenvalue weighted by Crippen LogP contribution is 2.15. The molecule has 0 heterocycles. The van der Waals surface area contributed by atoms with Crippen molar-refractivity contribution in [2.24, 2.45) is 5.41 Å². The molecule has 22 heavy (non-hydrogen) atoms. The molecule has 3 N–H and O–H groups in total. The number of ether oxygens (including phenoxy) is 1. The van der Waals surface area contributed by atoms with E-state index in [2.05, 4.69) is 21.9 Å². The molecule has 0 saturated carbocycles. The number of carbonyl (C=O) groups is 2. The molecule has 0 aliphatic rings. The van der Waals surface area contributed by atoms with E-state index >= 15 is 0 Å². The number of nitrogens with two attached hydrogens (primary N) is 1. The van der Waals surface area contributed by atoms with Gasteiger partial charge in [-0.3, -0.25) is 4.79 Å². The number of hydrogen-bond acceptors (Lipinski definition) is 4. The lowest BCUT2D eigenvalue weighted by Crippen LogP contribution is -2.39. The fraction of sp³-hybridized carbons (Fsp3) is 0.412. The predicted molar refractivity (Wildman–Crippen MR) is 86.1 cm³/mol. The normalized spacial score (nSPS) is 11.9. The number of esters is 1. The van der Waals surface area contributed by atoms with Gasteiger partial charge < -0.3 is 15.8 Å². The third-order valence-electron chi connectivity index (χ3n) is 2.76. The smallest absolute Gasteiger partial charge is 0.328 e. The fourth-order valence-electron chi connectivity index (χ4n) is 1.63. The average molecular weight is 302 g/mol. The van der Waals surface area contributed by atoms with Gasteiger partial charge in [-0.15, -0.1) is 0 Å². The van der Waals surface area contributed by atoms with Crippen molar-refractivity contribution < 1.29 is 14.3 Å². The molecule has 5 nitrogen and oxygen atoms in total. The van der Waals surface area contributed by atoms with Crippen molar-refractivity contribution in [2.75, 3.05) is 12.8 Å². The molecule has 0 radical (unpaired) electrons. The number of anilines is 1. The highest BCUT2D eigenvalue weighted by atomic mass is 16.5. The average Bonchev–Trinajstić information content (AvgIpc) is 2.43. The molecule has 0 spiro atoms. The van der Waals surface area contributed by atoms with Crippen LogP contribution >= 0.6 is 0 Å². The van der Waals surface area contributed by atoms with Gasteiger partial charge in [-0.25, -0.2) is 4.79 Å². The highest BCUT2D eigenvalue weighted by Gasteiger charge is 2.18.